The van der Waals surface area contributed by atoms with Crippen molar-refractivity contribution < 1.29 is 4.79 Å². The largest absolute Gasteiger partial charge is 0.399 e. The van der Waals surface area contributed by atoms with Gasteiger partial charge in [-0.1, -0.05) is 42.2 Å². The quantitative estimate of drug-likeness (QED) is 0.448. The van der Waals surface area contributed by atoms with E-state index in [0.29, 0.717) is 6.42 Å². The van der Waals surface area contributed by atoms with Crippen LogP contribution in [0.2, 0.25) is 0 Å². The van der Waals surface area contributed by atoms with Gasteiger partial charge in [-0.25, -0.2) is 0 Å². The van der Waals surface area contributed by atoms with Crippen LogP contribution in [0.15, 0.2) is 66.7 Å². The molecule has 0 radical (unpaired) electrons. The summed E-state index contributed by atoms with van der Waals surface area (Å²) in [6.45, 7) is 0. The summed E-state index contributed by atoms with van der Waals surface area (Å²) in [6, 6.07) is 20.8. The molecule has 3 aromatic rings. The Kier molecular flexibility index (Phi) is 4.56. The lowest BCUT2D eigenvalue weighted by Crippen LogP contribution is -2.01. The number of hydrogen-bond donors (Lipinski definition) is 1. The second kappa shape index (κ2) is 6.95. The zero-order valence-corrected chi connectivity index (χ0v) is 13.3. The standard InChI is InChI=1S/C20H15NOS/c21-17-9-6-15(7-10-17)8-11-18-12-13-19(23-18)14-20(22)16-4-2-1-3-5-16/h1-7,9-10,12-13H,14,21H2. The number of nitrogen functional groups attached to an aromatic ring is 1. The van der Waals surface area contributed by atoms with E-state index in [1.165, 1.54) is 0 Å². The van der Waals surface area contributed by atoms with Crippen LogP contribution in [0.4, 0.5) is 5.69 Å². The maximum absolute atomic E-state index is 12.2. The van der Waals surface area contributed by atoms with Gasteiger partial charge in [0.25, 0.3) is 0 Å². The van der Waals surface area contributed by atoms with E-state index < -0.39 is 0 Å². The van der Waals surface area contributed by atoms with Crippen molar-refractivity contribution in [2.75, 3.05) is 5.73 Å². The van der Waals surface area contributed by atoms with E-state index in [-0.39, 0.29) is 5.78 Å². The Morgan fingerprint density at radius 2 is 1.65 bits per heavy atom. The molecular formula is C20H15NOS. The number of benzene rings is 2. The second-order valence-corrected chi connectivity index (χ2v) is 6.27. The average molecular weight is 317 g/mol. The number of carbonyl (C=O) groups is 1. The number of rotatable bonds is 3. The van der Waals surface area contributed by atoms with Crippen LogP contribution in [0.5, 0.6) is 0 Å². The molecule has 0 saturated carbocycles. The Balaban J connectivity index is 1.69. The van der Waals surface area contributed by atoms with Gasteiger partial charge >= 0.3 is 0 Å². The van der Waals surface area contributed by atoms with Crippen LogP contribution in [0.1, 0.15) is 25.7 Å². The van der Waals surface area contributed by atoms with Gasteiger partial charge in [0.15, 0.2) is 5.78 Å². The Bertz CT molecular complexity index is 867. The number of nitrogens with two attached hydrogens (primary N) is 1. The number of ketones is 1. The van der Waals surface area contributed by atoms with E-state index in [2.05, 4.69) is 11.8 Å². The van der Waals surface area contributed by atoms with Crippen LogP contribution in [0, 0.1) is 11.8 Å². The van der Waals surface area contributed by atoms with Crippen molar-refractivity contribution in [3.05, 3.63) is 87.6 Å². The van der Waals surface area contributed by atoms with E-state index >= 15 is 0 Å². The highest BCUT2D eigenvalue weighted by Crippen LogP contribution is 2.18. The Morgan fingerprint density at radius 1 is 0.913 bits per heavy atom. The highest BCUT2D eigenvalue weighted by Gasteiger charge is 2.08. The SMILES string of the molecule is Nc1ccc(C#Cc2ccc(CC(=O)c3ccccc3)s2)cc1. The number of hydrogen-bond acceptors (Lipinski definition) is 3. The molecule has 0 saturated heterocycles. The van der Waals surface area contributed by atoms with Gasteiger partial charge < -0.3 is 5.73 Å². The molecule has 0 atom stereocenters. The van der Waals surface area contributed by atoms with E-state index in [1.807, 2.05) is 66.7 Å². The number of carbonyl (C=O) groups excluding carboxylic acids is 1. The van der Waals surface area contributed by atoms with Gasteiger partial charge in [-0.15, -0.1) is 11.3 Å². The summed E-state index contributed by atoms with van der Waals surface area (Å²) in [5.74, 6) is 6.37. The van der Waals surface area contributed by atoms with E-state index in [0.717, 1.165) is 26.6 Å². The first-order valence-electron chi connectivity index (χ1n) is 7.25. The topological polar surface area (TPSA) is 43.1 Å². The van der Waals surface area contributed by atoms with Crippen molar-refractivity contribution in [3.8, 4) is 11.8 Å². The van der Waals surface area contributed by atoms with Crippen molar-refractivity contribution in [2.45, 2.75) is 6.42 Å². The monoisotopic (exact) mass is 317 g/mol. The van der Waals surface area contributed by atoms with Crippen LogP contribution in [-0.2, 0) is 6.42 Å². The normalized spacial score (nSPS) is 9.91. The highest BCUT2D eigenvalue weighted by molar-refractivity contribution is 7.12. The summed E-state index contributed by atoms with van der Waals surface area (Å²) in [7, 11) is 0. The molecule has 1 heterocycles. The van der Waals surface area contributed by atoms with Gasteiger partial charge in [-0.05, 0) is 36.4 Å². The molecule has 0 fully saturated rings. The predicted octanol–water partition coefficient (Wildman–Crippen LogP) is 4.16. The van der Waals surface area contributed by atoms with Gasteiger partial charge in [0.2, 0.25) is 0 Å². The number of Topliss-reactive ketones (excluding diaryl/α,β-unsaturated/α-hetero) is 1. The minimum atomic E-state index is 0.130. The molecule has 2 aromatic carbocycles. The van der Waals surface area contributed by atoms with E-state index in [1.54, 1.807) is 11.3 Å². The highest BCUT2D eigenvalue weighted by atomic mass is 32.1. The molecule has 0 amide bonds. The third-order valence-corrected chi connectivity index (χ3v) is 4.33. The Hall–Kier alpha value is -2.83. The Labute approximate surface area is 139 Å². The van der Waals surface area contributed by atoms with Crippen LogP contribution in [0.3, 0.4) is 0 Å². The van der Waals surface area contributed by atoms with Crippen molar-refractivity contribution in [1.82, 2.24) is 0 Å². The zero-order chi connectivity index (χ0) is 16.1. The maximum atomic E-state index is 12.2. The number of anilines is 1. The minimum Gasteiger partial charge on any atom is -0.399 e. The molecule has 0 bridgehead atoms. The van der Waals surface area contributed by atoms with Gasteiger partial charge in [0.1, 0.15) is 0 Å². The summed E-state index contributed by atoms with van der Waals surface area (Å²) >= 11 is 1.56. The van der Waals surface area contributed by atoms with Crippen LogP contribution >= 0.6 is 11.3 Å². The van der Waals surface area contributed by atoms with Gasteiger partial charge in [-0.2, -0.15) is 0 Å². The van der Waals surface area contributed by atoms with Gasteiger partial charge in [0, 0.05) is 28.1 Å². The molecule has 23 heavy (non-hydrogen) atoms. The third-order valence-electron chi connectivity index (χ3n) is 3.33. The van der Waals surface area contributed by atoms with Crippen molar-refractivity contribution in [2.24, 2.45) is 0 Å². The molecule has 0 spiro atoms. The molecule has 0 aliphatic carbocycles. The fourth-order valence-corrected chi connectivity index (χ4v) is 2.98. The van der Waals surface area contributed by atoms with Gasteiger partial charge in [-0.3, -0.25) is 4.79 Å². The summed E-state index contributed by atoms with van der Waals surface area (Å²) in [5.41, 5.74) is 8.05. The lowest BCUT2D eigenvalue weighted by Gasteiger charge is -1.97. The van der Waals surface area contributed by atoms with Crippen LogP contribution < -0.4 is 5.73 Å². The lowest BCUT2D eigenvalue weighted by atomic mass is 10.1. The summed E-state index contributed by atoms with van der Waals surface area (Å²) in [4.78, 5) is 14.2. The zero-order valence-electron chi connectivity index (χ0n) is 12.5. The summed E-state index contributed by atoms with van der Waals surface area (Å²) < 4.78 is 0. The minimum absolute atomic E-state index is 0.130. The Morgan fingerprint density at radius 3 is 2.39 bits per heavy atom. The first-order chi connectivity index (χ1) is 11.2. The van der Waals surface area contributed by atoms with Crippen LogP contribution in [-0.4, -0.2) is 5.78 Å². The smallest absolute Gasteiger partial charge is 0.168 e. The second-order valence-electron chi connectivity index (χ2n) is 5.10. The maximum Gasteiger partial charge on any atom is 0.168 e. The van der Waals surface area contributed by atoms with Crippen molar-refractivity contribution in [1.29, 1.82) is 0 Å². The molecule has 0 unspecified atom stereocenters. The molecule has 3 heteroatoms. The molecule has 1 aromatic heterocycles. The number of thiophene rings is 1. The van der Waals surface area contributed by atoms with Crippen LogP contribution in [0.25, 0.3) is 0 Å². The fourth-order valence-electron chi connectivity index (χ4n) is 2.12. The lowest BCUT2D eigenvalue weighted by molar-refractivity contribution is 0.0994. The van der Waals surface area contributed by atoms with Gasteiger partial charge in [0.05, 0.1) is 4.88 Å². The van der Waals surface area contributed by atoms with Crippen molar-refractivity contribution in [3.63, 3.8) is 0 Å². The third kappa shape index (κ3) is 4.09. The molecule has 0 aliphatic heterocycles. The summed E-state index contributed by atoms with van der Waals surface area (Å²) in [5, 5.41) is 0. The molecule has 2 N–H and O–H groups in total. The average Bonchev–Trinajstić information content (AvgIpc) is 3.02. The molecule has 0 aliphatic rings. The first-order valence-corrected chi connectivity index (χ1v) is 8.07. The van der Waals surface area contributed by atoms with Crippen molar-refractivity contribution >= 4 is 22.8 Å². The first kappa shape index (κ1) is 15.1. The fraction of sp³-hybridized carbons (Fsp3) is 0.0500. The predicted molar refractivity (Wildman–Crippen MR) is 95.6 cm³/mol. The molecule has 3 rings (SSSR count). The molecule has 2 nitrogen and oxygen atoms in total. The molecular weight excluding hydrogens is 302 g/mol. The van der Waals surface area contributed by atoms with E-state index in [9.17, 15) is 4.79 Å². The van der Waals surface area contributed by atoms with E-state index in [4.69, 9.17) is 5.73 Å². The summed E-state index contributed by atoms with van der Waals surface area (Å²) in [6.07, 6.45) is 0.415. The molecule has 112 valence electrons.